The molecule has 3 N–H and O–H groups in total. The predicted octanol–water partition coefficient (Wildman–Crippen LogP) is 1.91. The molecule has 2 fully saturated rings. The van der Waals surface area contributed by atoms with Crippen LogP contribution in [0.1, 0.15) is 38.5 Å². The number of carbonyl (C=O) groups is 3. The Morgan fingerprint density at radius 3 is 2.62 bits per heavy atom. The Labute approximate surface area is 169 Å². The van der Waals surface area contributed by atoms with E-state index in [2.05, 4.69) is 10.7 Å². The van der Waals surface area contributed by atoms with Crippen LogP contribution < -0.4 is 10.7 Å². The third-order valence-electron chi connectivity index (χ3n) is 5.63. The minimum absolute atomic E-state index is 0.108. The van der Waals surface area contributed by atoms with Gasteiger partial charge in [-0.1, -0.05) is 25.7 Å². The number of nitrogens with zero attached hydrogens (tertiary/aromatic N) is 2. The topological polar surface area (TPSA) is 102 Å². The standard InChI is InChI=1S/C20H27FN4O4/c21-16-5-7-17(8-6-16)23-19(27)18-9-10-22-25(18)20(28)15(12-24(29)13-26)11-14-3-1-2-4-14/h5-8,13-15,18,22,29H,1-4,9-12H2,(H,23,27)/t15?,18-/m0/s1. The zero-order valence-electron chi connectivity index (χ0n) is 16.2. The fourth-order valence-corrected chi connectivity index (χ4v) is 4.17. The minimum Gasteiger partial charge on any atom is -0.324 e. The fourth-order valence-electron chi connectivity index (χ4n) is 4.17. The molecule has 1 aromatic carbocycles. The van der Waals surface area contributed by atoms with Gasteiger partial charge in [-0.25, -0.2) is 14.9 Å². The van der Waals surface area contributed by atoms with Crippen LogP contribution in [-0.4, -0.2) is 52.6 Å². The second-order valence-electron chi connectivity index (χ2n) is 7.73. The molecule has 0 bridgehead atoms. The molecule has 3 rings (SSSR count). The average Bonchev–Trinajstić information content (AvgIpc) is 3.40. The maximum absolute atomic E-state index is 13.2. The number of benzene rings is 1. The molecular formula is C20H27FN4O4. The summed E-state index contributed by atoms with van der Waals surface area (Å²) in [5.41, 5.74) is 3.40. The van der Waals surface area contributed by atoms with Crippen molar-refractivity contribution in [3.05, 3.63) is 30.1 Å². The first-order valence-corrected chi connectivity index (χ1v) is 10.0. The van der Waals surface area contributed by atoms with Crippen molar-refractivity contribution in [3.63, 3.8) is 0 Å². The van der Waals surface area contributed by atoms with Gasteiger partial charge in [0, 0.05) is 12.2 Å². The van der Waals surface area contributed by atoms with Crippen molar-refractivity contribution >= 4 is 23.9 Å². The minimum atomic E-state index is -0.720. The molecule has 1 saturated carbocycles. The lowest BCUT2D eigenvalue weighted by Gasteiger charge is -2.30. The third-order valence-corrected chi connectivity index (χ3v) is 5.63. The van der Waals surface area contributed by atoms with Crippen LogP contribution in [0, 0.1) is 17.7 Å². The number of halogens is 1. The molecule has 8 nitrogen and oxygen atoms in total. The van der Waals surface area contributed by atoms with E-state index in [1.54, 1.807) is 0 Å². The van der Waals surface area contributed by atoms with Gasteiger partial charge in [0.25, 0.3) is 0 Å². The van der Waals surface area contributed by atoms with Crippen molar-refractivity contribution < 1.29 is 24.0 Å². The molecule has 2 aliphatic rings. The molecule has 1 aromatic rings. The number of hydroxylamine groups is 2. The highest BCUT2D eigenvalue weighted by Crippen LogP contribution is 2.31. The molecule has 0 spiro atoms. The lowest BCUT2D eigenvalue weighted by atomic mass is 9.92. The van der Waals surface area contributed by atoms with Gasteiger partial charge in [0.05, 0.1) is 12.5 Å². The zero-order chi connectivity index (χ0) is 20.8. The number of anilines is 1. The van der Waals surface area contributed by atoms with E-state index in [-0.39, 0.29) is 24.8 Å². The molecule has 29 heavy (non-hydrogen) atoms. The maximum atomic E-state index is 13.2. The number of hydrogen-bond donors (Lipinski definition) is 3. The first-order valence-electron chi connectivity index (χ1n) is 10.0. The van der Waals surface area contributed by atoms with E-state index in [1.165, 1.54) is 29.3 Å². The first-order chi connectivity index (χ1) is 14.0. The molecule has 9 heteroatoms. The van der Waals surface area contributed by atoms with E-state index in [9.17, 15) is 24.0 Å². The lowest BCUT2D eigenvalue weighted by Crippen LogP contribution is -2.51. The summed E-state index contributed by atoms with van der Waals surface area (Å²) in [5.74, 6) is -1.31. The summed E-state index contributed by atoms with van der Waals surface area (Å²) >= 11 is 0. The van der Waals surface area contributed by atoms with Crippen LogP contribution in [0.5, 0.6) is 0 Å². The van der Waals surface area contributed by atoms with Crippen LogP contribution in [0.3, 0.4) is 0 Å². The Kier molecular flexibility index (Phi) is 7.16. The predicted molar refractivity (Wildman–Crippen MR) is 103 cm³/mol. The first kappa shape index (κ1) is 21.2. The Bertz CT molecular complexity index is 724. The number of nitrogens with one attached hydrogen (secondary N) is 2. The molecule has 158 valence electrons. The van der Waals surface area contributed by atoms with Gasteiger partial charge < -0.3 is 5.32 Å². The van der Waals surface area contributed by atoms with Crippen molar-refractivity contribution in [1.29, 1.82) is 0 Å². The zero-order valence-corrected chi connectivity index (χ0v) is 16.2. The molecule has 1 aliphatic carbocycles. The number of hydrogen-bond acceptors (Lipinski definition) is 5. The normalized spacial score (nSPS) is 20.5. The van der Waals surface area contributed by atoms with Crippen molar-refractivity contribution in [1.82, 2.24) is 15.5 Å². The summed E-state index contributed by atoms with van der Waals surface area (Å²) in [4.78, 5) is 36.7. The number of rotatable bonds is 8. The largest absolute Gasteiger partial charge is 0.324 e. The Morgan fingerprint density at radius 2 is 1.97 bits per heavy atom. The number of hydrazine groups is 1. The summed E-state index contributed by atoms with van der Waals surface area (Å²) in [7, 11) is 0. The van der Waals surface area contributed by atoms with Gasteiger partial charge in [-0.2, -0.15) is 0 Å². The molecule has 3 amide bonds. The van der Waals surface area contributed by atoms with E-state index in [4.69, 9.17) is 0 Å². The van der Waals surface area contributed by atoms with E-state index in [0.717, 1.165) is 25.7 Å². The molecule has 1 unspecified atom stereocenters. The highest BCUT2D eigenvalue weighted by Gasteiger charge is 2.38. The van der Waals surface area contributed by atoms with Gasteiger partial charge in [-0.3, -0.25) is 24.6 Å². The second kappa shape index (κ2) is 9.80. The monoisotopic (exact) mass is 406 g/mol. The van der Waals surface area contributed by atoms with Crippen LogP contribution in [0.4, 0.5) is 10.1 Å². The molecule has 1 aliphatic heterocycles. The van der Waals surface area contributed by atoms with E-state index in [0.29, 0.717) is 36.1 Å². The summed E-state index contributed by atoms with van der Waals surface area (Å²) in [5, 5.41) is 14.2. The van der Waals surface area contributed by atoms with Gasteiger partial charge in [-0.05, 0) is 43.0 Å². The Balaban J connectivity index is 1.68. The van der Waals surface area contributed by atoms with Crippen LogP contribution >= 0.6 is 0 Å². The fraction of sp³-hybridized carbons (Fsp3) is 0.550. The van der Waals surface area contributed by atoms with Crippen molar-refractivity contribution in [2.75, 3.05) is 18.4 Å². The van der Waals surface area contributed by atoms with Gasteiger partial charge in [0.15, 0.2) is 0 Å². The van der Waals surface area contributed by atoms with Gasteiger partial charge in [0.2, 0.25) is 18.2 Å². The van der Waals surface area contributed by atoms with Crippen LogP contribution in [-0.2, 0) is 14.4 Å². The van der Waals surface area contributed by atoms with Gasteiger partial charge >= 0.3 is 0 Å². The van der Waals surface area contributed by atoms with Gasteiger partial charge in [-0.15, -0.1) is 0 Å². The quantitative estimate of drug-likeness (QED) is 0.348. The second-order valence-corrected chi connectivity index (χ2v) is 7.73. The molecule has 0 aromatic heterocycles. The third kappa shape index (κ3) is 5.51. The maximum Gasteiger partial charge on any atom is 0.248 e. The summed E-state index contributed by atoms with van der Waals surface area (Å²) < 4.78 is 13.1. The van der Waals surface area contributed by atoms with E-state index in [1.807, 2.05) is 0 Å². The lowest BCUT2D eigenvalue weighted by molar-refractivity contribution is -0.159. The average molecular weight is 406 g/mol. The van der Waals surface area contributed by atoms with Crippen LogP contribution in [0.15, 0.2) is 24.3 Å². The van der Waals surface area contributed by atoms with E-state index < -0.39 is 17.8 Å². The summed E-state index contributed by atoms with van der Waals surface area (Å²) in [6.45, 7) is 0.350. The van der Waals surface area contributed by atoms with Crippen LogP contribution in [0.25, 0.3) is 0 Å². The molecular weight excluding hydrogens is 379 g/mol. The Hall–Kier alpha value is -2.52. The van der Waals surface area contributed by atoms with Crippen molar-refractivity contribution in [2.24, 2.45) is 11.8 Å². The summed E-state index contributed by atoms with van der Waals surface area (Å²) in [6, 6.07) is 4.69. The number of amides is 3. The molecule has 2 atom stereocenters. The number of carbonyl (C=O) groups excluding carboxylic acids is 3. The smallest absolute Gasteiger partial charge is 0.248 e. The highest BCUT2D eigenvalue weighted by molar-refractivity contribution is 5.97. The molecule has 1 heterocycles. The summed E-state index contributed by atoms with van der Waals surface area (Å²) in [6.07, 6.45) is 5.57. The molecule has 0 radical (unpaired) electrons. The Morgan fingerprint density at radius 1 is 1.28 bits per heavy atom. The van der Waals surface area contributed by atoms with Gasteiger partial charge in [0.1, 0.15) is 11.9 Å². The van der Waals surface area contributed by atoms with Crippen molar-refractivity contribution in [3.8, 4) is 0 Å². The van der Waals surface area contributed by atoms with E-state index >= 15 is 0 Å². The van der Waals surface area contributed by atoms with Crippen molar-refractivity contribution in [2.45, 2.75) is 44.6 Å². The highest BCUT2D eigenvalue weighted by atomic mass is 19.1. The molecule has 1 saturated heterocycles. The van der Waals surface area contributed by atoms with Crippen LogP contribution in [0.2, 0.25) is 0 Å². The SMILES string of the molecule is O=CN(O)CC(CC1CCCC1)C(=O)N1NCC[C@H]1C(=O)Nc1ccc(F)cc1.